The minimum Gasteiger partial charge on any atom is -0.309 e. The number of rotatable bonds is 4. The number of aromatic nitrogens is 1. The highest BCUT2D eigenvalue weighted by Crippen LogP contribution is 2.37. The van der Waals surface area contributed by atoms with Crippen molar-refractivity contribution >= 4 is 61.0 Å². The second-order valence-electron chi connectivity index (χ2n) is 8.83. The van der Waals surface area contributed by atoms with Gasteiger partial charge in [-0.3, -0.25) is 0 Å². The molecule has 2 aromatic heterocycles. The van der Waals surface area contributed by atoms with E-state index in [0.717, 1.165) is 0 Å². The highest BCUT2D eigenvalue weighted by Gasteiger charge is 2.14. The molecule has 0 spiro atoms. The Labute approximate surface area is 203 Å². The maximum absolute atomic E-state index is 4.07. The molecule has 0 fully saturated rings. The fraction of sp³-hybridized carbons (Fsp3) is 0.0625. The number of thiophene rings is 1. The second-order valence-corrected chi connectivity index (χ2v) is 9.91. The molecule has 0 saturated carbocycles. The Morgan fingerprint density at radius 3 is 2.38 bits per heavy atom. The van der Waals surface area contributed by atoms with E-state index in [1.807, 2.05) is 17.4 Å². The first kappa shape index (κ1) is 20.7. The van der Waals surface area contributed by atoms with Crippen LogP contribution in [0.2, 0.25) is 0 Å². The molecular formula is C32H25NS. The Bertz CT molecular complexity index is 1730. The molecule has 2 heterocycles. The first-order chi connectivity index (χ1) is 16.6. The van der Waals surface area contributed by atoms with Gasteiger partial charge in [-0.2, -0.15) is 0 Å². The highest BCUT2D eigenvalue weighted by atomic mass is 32.1. The Kier molecular flexibility index (Phi) is 4.97. The molecule has 6 rings (SSSR count). The van der Waals surface area contributed by atoms with Crippen molar-refractivity contribution in [3.05, 3.63) is 119 Å². The summed E-state index contributed by atoms with van der Waals surface area (Å²) < 4.78 is 3.67. The molecule has 0 aliphatic carbocycles. The molecule has 164 valence electrons. The van der Waals surface area contributed by atoms with E-state index in [0.29, 0.717) is 0 Å². The zero-order valence-electron chi connectivity index (χ0n) is 19.4. The number of hydrogen-bond donors (Lipinski definition) is 0. The average molecular weight is 456 g/mol. The monoisotopic (exact) mass is 455 g/mol. The minimum atomic E-state index is 1.18. The second kappa shape index (κ2) is 8.16. The molecule has 34 heavy (non-hydrogen) atoms. The van der Waals surface area contributed by atoms with Crippen molar-refractivity contribution in [3.63, 3.8) is 0 Å². The summed E-state index contributed by atoms with van der Waals surface area (Å²) in [6.07, 6.45) is 4.31. The van der Waals surface area contributed by atoms with E-state index in [-0.39, 0.29) is 0 Å². The van der Waals surface area contributed by atoms with Crippen molar-refractivity contribution in [1.29, 1.82) is 0 Å². The topological polar surface area (TPSA) is 4.93 Å². The molecule has 4 aromatic carbocycles. The summed E-state index contributed by atoms with van der Waals surface area (Å²) in [5.41, 5.74) is 8.69. The minimum absolute atomic E-state index is 1.18. The van der Waals surface area contributed by atoms with E-state index in [9.17, 15) is 0 Å². The normalized spacial score (nSPS) is 12.1. The van der Waals surface area contributed by atoms with Crippen LogP contribution in [0, 0.1) is 6.92 Å². The standard InChI is InChI=1S/C32H25NS/c1-4-31-28(27-18-21(2)14-17-32(27)34-31)19-22(3)23-15-16-30-26(20-23)25-12-8-9-13-29(25)33(30)24-10-6-5-7-11-24/h4-20H,1H2,2-3H3/b22-19+. The first-order valence-electron chi connectivity index (χ1n) is 11.6. The number of fused-ring (bicyclic) bond motifs is 4. The van der Waals surface area contributed by atoms with Gasteiger partial charge in [0.25, 0.3) is 0 Å². The number of aryl methyl sites for hydroxylation is 1. The lowest BCUT2D eigenvalue weighted by Gasteiger charge is -2.08. The van der Waals surface area contributed by atoms with E-state index in [2.05, 4.69) is 122 Å². The fourth-order valence-electron chi connectivity index (χ4n) is 4.92. The van der Waals surface area contributed by atoms with Crippen molar-refractivity contribution in [1.82, 2.24) is 4.57 Å². The summed E-state index contributed by atoms with van der Waals surface area (Å²) in [6.45, 7) is 8.44. The van der Waals surface area contributed by atoms with Crippen LogP contribution < -0.4 is 0 Å². The van der Waals surface area contributed by atoms with E-state index in [1.54, 1.807) is 0 Å². The van der Waals surface area contributed by atoms with Gasteiger partial charge < -0.3 is 4.57 Å². The number of para-hydroxylation sites is 2. The average Bonchev–Trinajstić information content (AvgIpc) is 3.39. The van der Waals surface area contributed by atoms with Crippen LogP contribution in [0.4, 0.5) is 0 Å². The lowest BCUT2D eigenvalue weighted by molar-refractivity contribution is 1.18. The summed E-state index contributed by atoms with van der Waals surface area (Å²) in [7, 11) is 0. The predicted molar refractivity (Wildman–Crippen MR) is 151 cm³/mol. The molecule has 0 saturated heterocycles. The van der Waals surface area contributed by atoms with E-state index < -0.39 is 0 Å². The summed E-state index contributed by atoms with van der Waals surface area (Å²) in [5.74, 6) is 0. The van der Waals surface area contributed by atoms with Crippen molar-refractivity contribution in [2.45, 2.75) is 13.8 Å². The van der Waals surface area contributed by atoms with Crippen LogP contribution in [0.1, 0.15) is 28.5 Å². The zero-order chi connectivity index (χ0) is 23.2. The molecule has 0 bridgehead atoms. The molecule has 2 heteroatoms. The number of benzene rings is 4. The van der Waals surface area contributed by atoms with Crippen molar-refractivity contribution in [3.8, 4) is 5.69 Å². The van der Waals surface area contributed by atoms with Crippen LogP contribution in [0.3, 0.4) is 0 Å². The van der Waals surface area contributed by atoms with Gasteiger partial charge in [-0.05, 0) is 73.5 Å². The van der Waals surface area contributed by atoms with Crippen LogP contribution in [-0.4, -0.2) is 4.57 Å². The summed E-state index contributed by atoms with van der Waals surface area (Å²) in [4.78, 5) is 1.22. The molecule has 6 aromatic rings. The molecule has 0 N–H and O–H groups in total. The number of allylic oxidation sites excluding steroid dienone is 1. The quantitative estimate of drug-likeness (QED) is 0.249. The molecule has 0 aliphatic rings. The van der Waals surface area contributed by atoms with E-state index in [1.165, 1.54) is 64.7 Å². The molecule has 0 radical (unpaired) electrons. The summed E-state index contributed by atoms with van der Waals surface area (Å²) in [5, 5.41) is 3.86. The van der Waals surface area contributed by atoms with E-state index in [4.69, 9.17) is 0 Å². The van der Waals surface area contributed by atoms with Gasteiger partial charge in [0, 0.05) is 37.0 Å². The van der Waals surface area contributed by atoms with Crippen molar-refractivity contribution < 1.29 is 0 Å². The number of hydrogen-bond acceptors (Lipinski definition) is 1. The zero-order valence-corrected chi connectivity index (χ0v) is 20.2. The van der Waals surface area contributed by atoms with Crippen molar-refractivity contribution in [2.24, 2.45) is 0 Å². The smallest absolute Gasteiger partial charge is 0.0541 e. The third-order valence-corrected chi connectivity index (χ3v) is 7.78. The molecule has 0 atom stereocenters. The first-order valence-corrected chi connectivity index (χ1v) is 12.4. The molecule has 0 unspecified atom stereocenters. The van der Waals surface area contributed by atoms with Gasteiger partial charge in [-0.1, -0.05) is 66.7 Å². The molecular weight excluding hydrogens is 430 g/mol. The van der Waals surface area contributed by atoms with Crippen molar-refractivity contribution in [2.75, 3.05) is 0 Å². The van der Waals surface area contributed by atoms with Gasteiger partial charge in [0.05, 0.1) is 11.0 Å². The summed E-state index contributed by atoms with van der Waals surface area (Å²) >= 11 is 1.81. The largest absolute Gasteiger partial charge is 0.309 e. The Balaban J connectivity index is 1.55. The van der Waals surface area contributed by atoms with Gasteiger partial charge in [-0.15, -0.1) is 11.3 Å². The van der Waals surface area contributed by atoms with Gasteiger partial charge in [-0.25, -0.2) is 0 Å². The van der Waals surface area contributed by atoms with Gasteiger partial charge in [0.15, 0.2) is 0 Å². The Morgan fingerprint density at radius 1 is 0.794 bits per heavy atom. The molecule has 0 amide bonds. The lowest BCUT2D eigenvalue weighted by atomic mass is 10.00. The highest BCUT2D eigenvalue weighted by molar-refractivity contribution is 7.20. The lowest BCUT2D eigenvalue weighted by Crippen LogP contribution is -1.93. The van der Waals surface area contributed by atoms with Gasteiger partial charge in [0.2, 0.25) is 0 Å². The van der Waals surface area contributed by atoms with Crippen LogP contribution in [-0.2, 0) is 0 Å². The third-order valence-electron chi connectivity index (χ3n) is 6.60. The van der Waals surface area contributed by atoms with Crippen LogP contribution >= 0.6 is 11.3 Å². The third kappa shape index (κ3) is 3.30. The Morgan fingerprint density at radius 2 is 1.56 bits per heavy atom. The molecule has 0 aliphatic heterocycles. The molecule has 1 nitrogen and oxygen atoms in total. The van der Waals surface area contributed by atoms with E-state index >= 15 is 0 Å². The Hall–Kier alpha value is -3.88. The van der Waals surface area contributed by atoms with Crippen LogP contribution in [0.15, 0.2) is 97.6 Å². The fourth-order valence-corrected chi connectivity index (χ4v) is 5.94. The van der Waals surface area contributed by atoms with Gasteiger partial charge >= 0.3 is 0 Å². The maximum Gasteiger partial charge on any atom is 0.0541 e. The SMILES string of the molecule is C=Cc1sc2ccc(C)cc2c1/C=C(\C)c1ccc2c(c1)c1ccccc1n2-c1ccccc1. The van der Waals surface area contributed by atoms with Crippen LogP contribution in [0.25, 0.3) is 55.3 Å². The number of nitrogens with zero attached hydrogens (tertiary/aromatic N) is 1. The van der Waals surface area contributed by atoms with Gasteiger partial charge in [0.1, 0.15) is 0 Å². The summed E-state index contributed by atoms with van der Waals surface area (Å²) in [6, 6.07) is 32.8. The van der Waals surface area contributed by atoms with Crippen LogP contribution in [0.5, 0.6) is 0 Å². The maximum atomic E-state index is 4.07. The predicted octanol–water partition coefficient (Wildman–Crippen LogP) is 9.51.